The summed E-state index contributed by atoms with van der Waals surface area (Å²) in [6, 6.07) is 0. The van der Waals surface area contributed by atoms with Crippen molar-refractivity contribution in [3.63, 3.8) is 0 Å². The summed E-state index contributed by atoms with van der Waals surface area (Å²) in [5, 5.41) is 22.8. The first-order chi connectivity index (χ1) is 4.20. The van der Waals surface area contributed by atoms with Gasteiger partial charge in [0.2, 0.25) is 0 Å². The second kappa shape index (κ2) is 2.24. The minimum Gasteiger partial charge on any atom is -0.857 e. The molecule has 0 amide bonds. The molecule has 1 aromatic rings. The SMILES string of the molecule is N=C([O-])c1n[nH]c(=S)s1. The maximum Gasteiger partial charge on any atom is 0.176 e. The summed E-state index contributed by atoms with van der Waals surface area (Å²) >= 11 is 5.62. The maximum absolute atomic E-state index is 10.2. The Hall–Kier alpha value is -0.750. The van der Waals surface area contributed by atoms with Crippen LogP contribution in [-0.2, 0) is 0 Å². The average Bonchev–Trinajstić information content (AvgIpc) is 2.14. The maximum atomic E-state index is 10.2. The van der Waals surface area contributed by atoms with Gasteiger partial charge in [0.25, 0.3) is 0 Å². The molecule has 9 heavy (non-hydrogen) atoms. The van der Waals surface area contributed by atoms with Crippen LogP contribution in [0.3, 0.4) is 0 Å². The van der Waals surface area contributed by atoms with Gasteiger partial charge in [-0.1, -0.05) is 11.3 Å². The lowest BCUT2D eigenvalue weighted by molar-refractivity contribution is -0.214. The third-order valence-electron chi connectivity index (χ3n) is 0.632. The predicted octanol–water partition coefficient (Wildman–Crippen LogP) is -0.114. The summed E-state index contributed by atoms with van der Waals surface area (Å²) in [6.45, 7) is 0. The zero-order chi connectivity index (χ0) is 6.85. The fraction of sp³-hybridized carbons (Fsp3) is 0. The molecule has 0 aliphatic heterocycles. The van der Waals surface area contributed by atoms with Crippen molar-refractivity contribution in [2.24, 2.45) is 0 Å². The van der Waals surface area contributed by atoms with Gasteiger partial charge in [-0.2, -0.15) is 5.10 Å². The van der Waals surface area contributed by atoms with Crippen LogP contribution in [0.4, 0.5) is 0 Å². The molecule has 1 aromatic heterocycles. The van der Waals surface area contributed by atoms with Crippen molar-refractivity contribution in [1.82, 2.24) is 10.2 Å². The Kier molecular flexibility index (Phi) is 1.58. The molecule has 0 atom stereocenters. The Bertz CT molecular complexity index is 275. The van der Waals surface area contributed by atoms with Gasteiger partial charge in [-0.05, 0) is 12.2 Å². The predicted molar refractivity (Wildman–Crippen MR) is 34.1 cm³/mol. The van der Waals surface area contributed by atoms with Crippen LogP contribution in [-0.4, -0.2) is 16.1 Å². The van der Waals surface area contributed by atoms with Gasteiger partial charge in [0.05, 0.1) is 0 Å². The number of rotatable bonds is 1. The fourth-order valence-corrected chi connectivity index (χ4v) is 1.06. The second-order valence-corrected chi connectivity index (χ2v) is 2.91. The topological polar surface area (TPSA) is 75.6 Å². The molecule has 4 nitrogen and oxygen atoms in total. The highest BCUT2D eigenvalue weighted by molar-refractivity contribution is 7.73. The molecule has 0 fully saturated rings. The second-order valence-electron chi connectivity index (χ2n) is 1.25. The third-order valence-corrected chi connectivity index (χ3v) is 1.72. The van der Waals surface area contributed by atoms with E-state index in [-0.39, 0.29) is 5.01 Å². The average molecular weight is 160 g/mol. The number of nitrogens with one attached hydrogen (secondary N) is 2. The minimum atomic E-state index is -0.799. The van der Waals surface area contributed by atoms with Crippen LogP contribution in [0.25, 0.3) is 0 Å². The smallest absolute Gasteiger partial charge is 0.176 e. The summed E-state index contributed by atoms with van der Waals surface area (Å²) < 4.78 is 0.422. The standard InChI is InChI=1S/C3H3N3OS2/c4-1(7)2-5-6-3(8)9-2/h(H2,4,7)(H,6,8)/p-1. The van der Waals surface area contributed by atoms with Crippen molar-refractivity contribution >= 4 is 29.5 Å². The summed E-state index contributed by atoms with van der Waals surface area (Å²) in [5.74, 6) is -0.799. The van der Waals surface area contributed by atoms with Gasteiger partial charge in [0.15, 0.2) is 3.95 Å². The lowest BCUT2D eigenvalue weighted by atomic mass is 10.7. The fourth-order valence-electron chi connectivity index (χ4n) is 0.327. The van der Waals surface area contributed by atoms with E-state index in [0.29, 0.717) is 3.95 Å². The number of hydrogen-bond donors (Lipinski definition) is 2. The highest BCUT2D eigenvalue weighted by Crippen LogP contribution is 2.01. The highest BCUT2D eigenvalue weighted by Gasteiger charge is 1.92. The molecule has 2 N–H and O–H groups in total. The van der Waals surface area contributed by atoms with E-state index in [1.165, 1.54) is 0 Å². The summed E-state index contributed by atoms with van der Waals surface area (Å²) in [5.41, 5.74) is 0. The molecular formula is C3H2N3OS2-. The molecule has 0 aliphatic rings. The van der Waals surface area contributed by atoms with Crippen molar-refractivity contribution in [3.8, 4) is 0 Å². The van der Waals surface area contributed by atoms with Crippen LogP contribution in [0, 0.1) is 9.36 Å². The Morgan fingerprint density at radius 2 is 2.56 bits per heavy atom. The van der Waals surface area contributed by atoms with E-state index in [9.17, 15) is 5.11 Å². The van der Waals surface area contributed by atoms with Crippen molar-refractivity contribution in [2.75, 3.05) is 0 Å². The van der Waals surface area contributed by atoms with Crippen LogP contribution < -0.4 is 5.11 Å². The quantitative estimate of drug-likeness (QED) is 0.342. The Morgan fingerprint density at radius 3 is 2.78 bits per heavy atom. The van der Waals surface area contributed by atoms with Gasteiger partial charge < -0.3 is 10.5 Å². The van der Waals surface area contributed by atoms with Gasteiger partial charge in [-0.15, -0.1) is 0 Å². The number of nitrogens with zero attached hydrogens (tertiary/aromatic N) is 1. The van der Waals surface area contributed by atoms with Crippen molar-refractivity contribution in [2.45, 2.75) is 0 Å². The van der Waals surface area contributed by atoms with Crippen LogP contribution in [0.5, 0.6) is 0 Å². The Balaban J connectivity index is 3.12. The van der Waals surface area contributed by atoms with Crippen LogP contribution in [0.1, 0.15) is 5.01 Å². The molecule has 1 heterocycles. The van der Waals surface area contributed by atoms with Crippen molar-refractivity contribution in [1.29, 1.82) is 5.41 Å². The first-order valence-corrected chi connectivity index (χ1v) is 3.24. The van der Waals surface area contributed by atoms with E-state index >= 15 is 0 Å². The molecule has 6 heteroatoms. The van der Waals surface area contributed by atoms with Gasteiger partial charge in [-0.25, -0.2) is 0 Å². The number of aromatic amines is 1. The van der Waals surface area contributed by atoms with E-state index < -0.39 is 5.90 Å². The molecule has 0 spiro atoms. The number of H-pyrrole nitrogens is 1. The Labute approximate surface area is 59.7 Å². The lowest BCUT2D eigenvalue weighted by Gasteiger charge is -1.97. The van der Waals surface area contributed by atoms with Crippen molar-refractivity contribution in [3.05, 3.63) is 8.96 Å². The zero-order valence-corrected chi connectivity index (χ0v) is 5.80. The van der Waals surface area contributed by atoms with Gasteiger partial charge >= 0.3 is 0 Å². The van der Waals surface area contributed by atoms with Gasteiger partial charge in [0.1, 0.15) is 5.01 Å². The van der Waals surface area contributed by atoms with E-state index in [1.807, 2.05) is 0 Å². The molecule has 48 valence electrons. The first kappa shape index (κ1) is 6.37. The first-order valence-electron chi connectivity index (χ1n) is 2.01. The molecule has 0 unspecified atom stereocenters. The molecule has 0 saturated heterocycles. The monoisotopic (exact) mass is 160 g/mol. The molecule has 0 radical (unpaired) electrons. The van der Waals surface area contributed by atoms with Crippen LogP contribution in [0.15, 0.2) is 0 Å². The van der Waals surface area contributed by atoms with Crippen molar-refractivity contribution < 1.29 is 5.11 Å². The van der Waals surface area contributed by atoms with Crippen LogP contribution in [0.2, 0.25) is 0 Å². The van der Waals surface area contributed by atoms with E-state index in [1.54, 1.807) is 0 Å². The molecule has 0 aliphatic carbocycles. The summed E-state index contributed by atoms with van der Waals surface area (Å²) in [6.07, 6.45) is 0. The van der Waals surface area contributed by atoms with Crippen LogP contribution >= 0.6 is 23.6 Å². The highest BCUT2D eigenvalue weighted by atomic mass is 32.1. The normalized spacial score (nSPS) is 9.33. The molecular weight excluding hydrogens is 158 g/mol. The molecule has 0 saturated carbocycles. The Morgan fingerprint density at radius 1 is 1.89 bits per heavy atom. The van der Waals surface area contributed by atoms with E-state index in [4.69, 9.17) is 5.41 Å². The third kappa shape index (κ3) is 1.33. The molecule has 0 bridgehead atoms. The number of aromatic nitrogens is 2. The van der Waals surface area contributed by atoms with E-state index in [0.717, 1.165) is 11.3 Å². The molecule has 0 aromatic carbocycles. The summed E-state index contributed by atoms with van der Waals surface area (Å²) in [7, 11) is 0. The lowest BCUT2D eigenvalue weighted by Crippen LogP contribution is -2.16. The minimum absolute atomic E-state index is 0.111. The summed E-state index contributed by atoms with van der Waals surface area (Å²) in [4.78, 5) is 0. The largest absolute Gasteiger partial charge is 0.857 e. The van der Waals surface area contributed by atoms with Gasteiger partial charge in [-0.3, -0.25) is 5.10 Å². The van der Waals surface area contributed by atoms with Gasteiger partial charge in [0, 0.05) is 5.90 Å². The zero-order valence-electron chi connectivity index (χ0n) is 4.17. The molecule has 1 rings (SSSR count). The number of hydrogen-bond acceptors (Lipinski definition) is 5. The van der Waals surface area contributed by atoms with E-state index in [2.05, 4.69) is 22.4 Å².